The van der Waals surface area contributed by atoms with Crippen molar-refractivity contribution in [2.75, 3.05) is 0 Å². The number of carbonyl (C=O) groups is 2. The van der Waals surface area contributed by atoms with Crippen LogP contribution in [0.4, 0.5) is 4.39 Å². The molecule has 0 heterocycles. The maximum absolute atomic E-state index is 12.9. The Labute approximate surface area is 166 Å². The Kier molecular flexibility index (Phi) is 7.33. The lowest BCUT2D eigenvalue weighted by Gasteiger charge is -2.20. The van der Waals surface area contributed by atoms with E-state index in [9.17, 15) is 14.0 Å². The summed E-state index contributed by atoms with van der Waals surface area (Å²) < 4.78 is 12.9. The second-order valence-corrected chi connectivity index (χ2v) is 6.92. The number of benzene rings is 2. The number of hydrazone groups is 1. The zero-order chi connectivity index (χ0) is 20.0. The molecule has 1 atom stereocenters. The van der Waals surface area contributed by atoms with Crippen LogP contribution < -0.4 is 10.7 Å². The molecule has 0 aliphatic rings. The standard InChI is InChI=1S/C19H18Cl2FN3O2/c1-11(2)17(24-18(26)13-5-8-15(20)16(21)9-13)19(27)25-23-10-12-3-6-14(22)7-4-12/h3-11,17H,1-2H3,(H,24,26)(H,25,27)/b23-10+. The third-order valence-corrected chi connectivity index (χ3v) is 4.41. The quantitative estimate of drug-likeness (QED) is 0.558. The van der Waals surface area contributed by atoms with E-state index in [1.54, 1.807) is 13.8 Å². The number of halogens is 3. The minimum absolute atomic E-state index is 0.183. The molecule has 2 rings (SSSR count). The van der Waals surface area contributed by atoms with Gasteiger partial charge in [-0.05, 0) is 41.8 Å². The molecule has 27 heavy (non-hydrogen) atoms. The number of nitrogens with zero attached hydrogens (tertiary/aromatic N) is 1. The predicted molar refractivity (Wildman–Crippen MR) is 105 cm³/mol. The first-order chi connectivity index (χ1) is 12.8. The van der Waals surface area contributed by atoms with Crippen molar-refractivity contribution in [1.82, 2.24) is 10.7 Å². The molecule has 142 valence electrons. The summed E-state index contributed by atoms with van der Waals surface area (Å²) in [6.45, 7) is 3.59. The number of rotatable bonds is 6. The highest BCUT2D eigenvalue weighted by molar-refractivity contribution is 6.42. The lowest BCUT2D eigenvalue weighted by atomic mass is 10.0. The Bertz CT molecular complexity index is 855. The fraction of sp³-hybridized carbons (Fsp3) is 0.211. The molecule has 8 heteroatoms. The first-order valence-electron chi connectivity index (χ1n) is 8.12. The smallest absolute Gasteiger partial charge is 0.262 e. The van der Waals surface area contributed by atoms with Gasteiger partial charge in [0.25, 0.3) is 11.8 Å². The average Bonchev–Trinajstić information content (AvgIpc) is 2.63. The van der Waals surface area contributed by atoms with Crippen molar-refractivity contribution in [2.24, 2.45) is 11.0 Å². The van der Waals surface area contributed by atoms with E-state index in [4.69, 9.17) is 23.2 Å². The fourth-order valence-corrected chi connectivity index (χ4v) is 2.48. The molecule has 0 fully saturated rings. The molecule has 0 aromatic heterocycles. The topological polar surface area (TPSA) is 70.6 Å². The fourth-order valence-electron chi connectivity index (χ4n) is 2.19. The Hall–Kier alpha value is -2.44. The van der Waals surface area contributed by atoms with Gasteiger partial charge in [0.15, 0.2) is 0 Å². The van der Waals surface area contributed by atoms with Gasteiger partial charge in [0.1, 0.15) is 11.9 Å². The molecule has 0 aliphatic heterocycles. The number of hydrogen-bond donors (Lipinski definition) is 2. The van der Waals surface area contributed by atoms with Crippen molar-refractivity contribution in [1.29, 1.82) is 0 Å². The summed E-state index contributed by atoms with van der Waals surface area (Å²) in [4.78, 5) is 24.8. The SMILES string of the molecule is CC(C)C(NC(=O)c1ccc(Cl)c(Cl)c1)C(=O)N/N=C/c1ccc(F)cc1. The van der Waals surface area contributed by atoms with Crippen molar-refractivity contribution in [3.05, 3.63) is 69.5 Å². The van der Waals surface area contributed by atoms with Crippen LogP contribution in [0.3, 0.4) is 0 Å². The van der Waals surface area contributed by atoms with E-state index < -0.39 is 17.9 Å². The Morgan fingerprint density at radius 1 is 1.07 bits per heavy atom. The zero-order valence-corrected chi connectivity index (χ0v) is 16.2. The zero-order valence-electron chi connectivity index (χ0n) is 14.7. The first kappa shape index (κ1) is 20.9. The minimum atomic E-state index is -0.808. The number of amides is 2. The summed E-state index contributed by atoms with van der Waals surface area (Å²) in [6.07, 6.45) is 1.38. The summed E-state index contributed by atoms with van der Waals surface area (Å²) >= 11 is 11.8. The largest absolute Gasteiger partial charge is 0.340 e. The van der Waals surface area contributed by atoms with Crippen molar-refractivity contribution >= 4 is 41.2 Å². The molecule has 2 aromatic carbocycles. The molecule has 0 aliphatic carbocycles. The molecule has 1 unspecified atom stereocenters. The molecular formula is C19H18Cl2FN3O2. The van der Waals surface area contributed by atoms with Crippen LogP contribution in [-0.4, -0.2) is 24.1 Å². The van der Waals surface area contributed by atoms with Gasteiger partial charge in [-0.3, -0.25) is 9.59 Å². The molecule has 5 nitrogen and oxygen atoms in total. The summed E-state index contributed by atoms with van der Waals surface area (Å²) in [5.74, 6) is -1.47. The molecule has 0 saturated carbocycles. The highest BCUT2D eigenvalue weighted by Gasteiger charge is 2.24. The molecule has 2 amide bonds. The van der Waals surface area contributed by atoms with Crippen LogP contribution >= 0.6 is 23.2 Å². The van der Waals surface area contributed by atoms with E-state index in [2.05, 4.69) is 15.8 Å². The Morgan fingerprint density at radius 3 is 2.33 bits per heavy atom. The maximum atomic E-state index is 12.9. The van der Waals surface area contributed by atoms with Crippen LogP contribution in [0, 0.1) is 11.7 Å². The van der Waals surface area contributed by atoms with Crippen molar-refractivity contribution in [2.45, 2.75) is 19.9 Å². The summed E-state index contributed by atoms with van der Waals surface area (Å²) in [5, 5.41) is 7.09. The highest BCUT2D eigenvalue weighted by atomic mass is 35.5. The number of nitrogens with one attached hydrogen (secondary N) is 2. The van der Waals surface area contributed by atoms with Crippen LogP contribution in [-0.2, 0) is 4.79 Å². The summed E-state index contributed by atoms with van der Waals surface area (Å²) in [6, 6.07) is 9.28. The van der Waals surface area contributed by atoms with E-state index in [0.29, 0.717) is 10.6 Å². The van der Waals surface area contributed by atoms with Crippen LogP contribution in [0.15, 0.2) is 47.6 Å². The van der Waals surface area contributed by atoms with Crippen molar-refractivity contribution in [3.63, 3.8) is 0 Å². The molecule has 2 N–H and O–H groups in total. The van der Waals surface area contributed by atoms with Gasteiger partial charge in [0.2, 0.25) is 0 Å². The number of hydrogen-bond acceptors (Lipinski definition) is 3. The van der Waals surface area contributed by atoms with Crippen molar-refractivity contribution < 1.29 is 14.0 Å². The van der Waals surface area contributed by atoms with Gasteiger partial charge in [0.05, 0.1) is 16.3 Å². The number of carbonyl (C=O) groups excluding carboxylic acids is 2. The van der Waals surface area contributed by atoms with Crippen LogP contribution in [0.1, 0.15) is 29.8 Å². The van der Waals surface area contributed by atoms with Crippen LogP contribution in [0.25, 0.3) is 0 Å². The lowest BCUT2D eigenvalue weighted by Crippen LogP contribution is -2.48. The highest BCUT2D eigenvalue weighted by Crippen LogP contribution is 2.22. The third kappa shape index (κ3) is 6.05. The van der Waals surface area contributed by atoms with E-state index >= 15 is 0 Å². The van der Waals surface area contributed by atoms with E-state index in [1.165, 1.54) is 48.7 Å². The third-order valence-electron chi connectivity index (χ3n) is 3.68. The second kappa shape index (κ2) is 9.48. The van der Waals surface area contributed by atoms with Crippen LogP contribution in [0.5, 0.6) is 0 Å². The summed E-state index contributed by atoms with van der Waals surface area (Å²) in [5.41, 5.74) is 3.29. The van der Waals surface area contributed by atoms with Gasteiger partial charge in [-0.25, -0.2) is 9.82 Å². The monoisotopic (exact) mass is 409 g/mol. The van der Waals surface area contributed by atoms with Gasteiger partial charge >= 0.3 is 0 Å². The summed E-state index contributed by atoms with van der Waals surface area (Å²) in [7, 11) is 0. The van der Waals surface area contributed by atoms with Gasteiger partial charge < -0.3 is 5.32 Å². The molecule has 0 spiro atoms. The Balaban J connectivity index is 2.02. The van der Waals surface area contributed by atoms with Gasteiger partial charge in [-0.15, -0.1) is 0 Å². The van der Waals surface area contributed by atoms with E-state index in [-0.39, 0.29) is 22.3 Å². The van der Waals surface area contributed by atoms with E-state index in [0.717, 1.165) is 0 Å². The predicted octanol–water partition coefficient (Wildman–Crippen LogP) is 4.04. The molecule has 2 aromatic rings. The lowest BCUT2D eigenvalue weighted by molar-refractivity contribution is -0.123. The van der Waals surface area contributed by atoms with Crippen LogP contribution in [0.2, 0.25) is 10.0 Å². The maximum Gasteiger partial charge on any atom is 0.262 e. The molecule has 0 saturated heterocycles. The molecule has 0 radical (unpaired) electrons. The first-order valence-corrected chi connectivity index (χ1v) is 8.88. The van der Waals surface area contributed by atoms with Crippen molar-refractivity contribution in [3.8, 4) is 0 Å². The molecular weight excluding hydrogens is 392 g/mol. The van der Waals surface area contributed by atoms with Gasteiger partial charge in [-0.2, -0.15) is 5.10 Å². The average molecular weight is 410 g/mol. The van der Waals surface area contributed by atoms with Gasteiger partial charge in [-0.1, -0.05) is 49.2 Å². The Morgan fingerprint density at radius 2 is 1.74 bits per heavy atom. The van der Waals surface area contributed by atoms with E-state index in [1.807, 2.05) is 0 Å². The van der Waals surface area contributed by atoms with Gasteiger partial charge in [0, 0.05) is 5.56 Å². The second-order valence-electron chi connectivity index (χ2n) is 6.11. The minimum Gasteiger partial charge on any atom is -0.340 e. The normalized spacial score (nSPS) is 12.2. The molecule has 0 bridgehead atoms.